The van der Waals surface area contributed by atoms with Gasteiger partial charge in [-0.15, -0.1) is 0 Å². The lowest BCUT2D eigenvalue weighted by Gasteiger charge is -2.34. The summed E-state index contributed by atoms with van der Waals surface area (Å²) in [5.41, 5.74) is 2.28. The first-order valence-electron chi connectivity index (χ1n) is 8.98. The van der Waals surface area contributed by atoms with Crippen LogP contribution in [0, 0.1) is 0 Å². The summed E-state index contributed by atoms with van der Waals surface area (Å²) in [6.45, 7) is 8.36. The maximum absolute atomic E-state index is 9.46. The summed E-state index contributed by atoms with van der Waals surface area (Å²) in [5, 5.41) is 9.46. The Bertz CT molecular complexity index is 630. The Labute approximate surface area is 144 Å². The van der Waals surface area contributed by atoms with Gasteiger partial charge in [0.15, 0.2) is 0 Å². The molecule has 1 aliphatic rings. The predicted octanol–water partition coefficient (Wildman–Crippen LogP) is 3.04. The van der Waals surface area contributed by atoms with Gasteiger partial charge in [0.2, 0.25) is 0 Å². The molecule has 1 saturated heterocycles. The molecule has 1 aliphatic heterocycles. The van der Waals surface area contributed by atoms with Crippen molar-refractivity contribution in [3.05, 3.63) is 59.0 Å². The van der Waals surface area contributed by atoms with Crippen molar-refractivity contribution in [3.63, 3.8) is 0 Å². The standard InChI is InChI=1S/C20H28N2O2/c1-2-5-19-8-9-20(24-19)15-22-12-10-21(11-13-22)14-17-6-3-4-7-18(17)16-23/h3-4,6-9,23H,2,5,10-16H2,1H3. The normalized spacial score (nSPS) is 16.6. The van der Waals surface area contributed by atoms with Gasteiger partial charge in [-0.2, -0.15) is 0 Å². The van der Waals surface area contributed by atoms with Crippen LogP contribution in [0.3, 0.4) is 0 Å². The SMILES string of the molecule is CCCc1ccc(CN2CCN(Cc3ccccc3CO)CC2)o1. The highest BCUT2D eigenvalue weighted by Crippen LogP contribution is 2.16. The zero-order valence-corrected chi connectivity index (χ0v) is 14.6. The van der Waals surface area contributed by atoms with Crippen LogP contribution in [0.15, 0.2) is 40.8 Å². The third kappa shape index (κ3) is 4.47. The van der Waals surface area contributed by atoms with E-state index in [0.717, 1.165) is 69.2 Å². The third-order valence-corrected chi connectivity index (χ3v) is 4.74. The van der Waals surface area contributed by atoms with Gasteiger partial charge in [0, 0.05) is 39.1 Å². The van der Waals surface area contributed by atoms with Crippen LogP contribution in [-0.2, 0) is 26.1 Å². The first-order chi connectivity index (χ1) is 11.8. The fraction of sp³-hybridized carbons (Fsp3) is 0.500. The molecule has 2 aromatic rings. The van der Waals surface area contributed by atoms with Gasteiger partial charge in [-0.3, -0.25) is 9.80 Å². The fourth-order valence-corrected chi connectivity index (χ4v) is 3.32. The van der Waals surface area contributed by atoms with E-state index in [1.165, 1.54) is 5.56 Å². The molecule has 0 unspecified atom stereocenters. The molecular weight excluding hydrogens is 300 g/mol. The molecular formula is C20H28N2O2. The third-order valence-electron chi connectivity index (χ3n) is 4.74. The summed E-state index contributed by atoms with van der Waals surface area (Å²) in [6, 6.07) is 12.4. The van der Waals surface area contributed by atoms with Crippen molar-refractivity contribution in [1.29, 1.82) is 0 Å². The van der Waals surface area contributed by atoms with Crippen LogP contribution >= 0.6 is 0 Å². The fourth-order valence-electron chi connectivity index (χ4n) is 3.32. The molecule has 1 N–H and O–H groups in total. The second kappa shape index (κ2) is 8.47. The van der Waals surface area contributed by atoms with Crippen LogP contribution in [0.4, 0.5) is 0 Å². The van der Waals surface area contributed by atoms with Gasteiger partial charge in [0.05, 0.1) is 13.2 Å². The minimum atomic E-state index is 0.120. The molecule has 130 valence electrons. The van der Waals surface area contributed by atoms with E-state index < -0.39 is 0 Å². The Hall–Kier alpha value is -1.62. The Morgan fingerprint density at radius 1 is 0.875 bits per heavy atom. The minimum absolute atomic E-state index is 0.120. The molecule has 4 nitrogen and oxygen atoms in total. The average Bonchev–Trinajstić information content (AvgIpc) is 3.04. The maximum Gasteiger partial charge on any atom is 0.118 e. The lowest BCUT2D eigenvalue weighted by atomic mass is 10.1. The summed E-state index contributed by atoms with van der Waals surface area (Å²) in [7, 11) is 0. The molecule has 1 aromatic heterocycles. The quantitative estimate of drug-likeness (QED) is 0.848. The van der Waals surface area contributed by atoms with E-state index in [0.29, 0.717) is 0 Å². The zero-order chi connectivity index (χ0) is 16.8. The van der Waals surface area contributed by atoms with Crippen molar-refractivity contribution < 1.29 is 9.52 Å². The molecule has 0 spiro atoms. The largest absolute Gasteiger partial charge is 0.465 e. The number of rotatable bonds is 7. The van der Waals surface area contributed by atoms with Crippen LogP contribution in [0.25, 0.3) is 0 Å². The van der Waals surface area contributed by atoms with Gasteiger partial charge >= 0.3 is 0 Å². The molecule has 0 radical (unpaired) electrons. The van der Waals surface area contributed by atoms with Gasteiger partial charge in [0.1, 0.15) is 11.5 Å². The molecule has 0 aliphatic carbocycles. The summed E-state index contributed by atoms with van der Waals surface area (Å²) in [4.78, 5) is 4.93. The van der Waals surface area contributed by atoms with E-state index in [9.17, 15) is 5.11 Å². The topological polar surface area (TPSA) is 39.9 Å². The number of piperazine rings is 1. The van der Waals surface area contributed by atoms with Crippen LogP contribution in [0.2, 0.25) is 0 Å². The molecule has 3 rings (SSSR count). The van der Waals surface area contributed by atoms with E-state index in [2.05, 4.69) is 41.0 Å². The van der Waals surface area contributed by atoms with Crippen molar-refractivity contribution in [1.82, 2.24) is 9.80 Å². The molecule has 0 amide bonds. The lowest BCUT2D eigenvalue weighted by Crippen LogP contribution is -2.45. The number of aliphatic hydroxyl groups is 1. The number of hydrogen-bond donors (Lipinski definition) is 1. The number of nitrogens with zero attached hydrogens (tertiary/aromatic N) is 2. The van der Waals surface area contributed by atoms with Crippen molar-refractivity contribution in [2.24, 2.45) is 0 Å². The summed E-state index contributed by atoms with van der Waals surface area (Å²) >= 11 is 0. The van der Waals surface area contributed by atoms with E-state index in [1.807, 2.05) is 12.1 Å². The molecule has 1 aromatic carbocycles. The summed E-state index contributed by atoms with van der Waals surface area (Å²) < 4.78 is 5.90. The highest BCUT2D eigenvalue weighted by atomic mass is 16.3. The average molecular weight is 328 g/mol. The predicted molar refractivity (Wildman–Crippen MR) is 95.6 cm³/mol. The number of benzene rings is 1. The smallest absolute Gasteiger partial charge is 0.118 e. The Morgan fingerprint density at radius 3 is 2.17 bits per heavy atom. The van der Waals surface area contributed by atoms with E-state index in [4.69, 9.17) is 4.42 Å². The van der Waals surface area contributed by atoms with Gasteiger partial charge in [-0.25, -0.2) is 0 Å². The number of furan rings is 1. The van der Waals surface area contributed by atoms with Crippen molar-refractivity contribution in [2.75, 3.05) is 26.2 Å². The Kier molecular flexibility index (Phi) is 6.07. The van der Waals surface area contributed by atoms with Gasteiger partial charge < -0.3 is 9.52 Å². The summed E-state index contributed by atoms with van der Waals surface area (Å²) in [6.07, 6.45) is 2.15. The van der Waals surface area contributed by atoms with Crippen LogP contribution in [0.1, 0.15) is 36.0 Å². The monoisotopic (exact) mass is 328 g/mol. The molecule has 24 heavy (non-hydrogen) atoms. The van der Waals surface area contributed by atoms with Gasteiger partial charge in [-0.1, -0.05) is 31.2 Å². The van der Waals surface area contributed by atoms with Gasteiger partial charge in [0.25, 0.3) is 0 Å². The van der Waals surface area contributed by atoms with E-state index in [-0.39, 0.29) is 6.61 Å². The van der Waals surface area contributed by atoms with Crippen molar-refractivity contribution in [3.8, 4) is 0 Å². The van der Waals surface area contributed by atoms with Crippen molar-refractivity contribution in [2.45, 2.75) is 39.5 Å². The Morgan fingerprint density at radius 2 is 1.50 bits per heavy atom. The highest BCUT2D eigenvalue weighted by Gasteiger charge is 2.18. The molecule has 0 saturated carbocycles. The highest BCUT2D eigenvalue weighted by molar-refractivity contribution is 5.26. The molecule has 0 atom stereocenters. The molecule has 1 fully saturated rings. The lowest BCUT2D eigenvalue weighted by molar-refractivity contribution is 0.115. The van der Waals surface area contributed by atoms with Crippen LogP contribution < -0.4 is 0 Å². The molecule has 2 heterocycles. The second-order valence-electron chi connectivity index (χ2n) is 6.60. The van der Waals surface area contributed by atoms with Crippen LogP contribution in [-0.4, -0.2) is 41.1 Å². The maximum atomic E-state index is 9.46. The first-order valence-corrected chi connectivity index (χ1v) is 8.98. The number of aliphatic hydroxyl groups excluding tert-OH is 1. The first kappa shape index (κ1) is 17.2. The molecule has 4 heteroatoms. The van der Waals surface area contributed by atoms with Gasteiger partial charge in [-0.05, 0) is 29.7 Å². The Balaban J connectivity index is 1.48. The van der Waals surface area contributed by atoms with E-state index in [1.54, 1.807) is 0 Å². The number of hydrogen-bond acceptors (Lipinski definition) is 4. The number of aryl methyl sites for hydroxylation is 1. The molecule has 0 bridgehead atoms. The van der Waals surface area contributed by atoms with Crippen molar-refractivity contribution >= 4 is 0 Å². The summed E-state index contributed by atoms with van der Waals surface area (Å²) in [5.74, 6) is 2.18. The van der Waals surface area contributed by atoms with E-state index >= 15 is 0 Å². The second-order valence-corrected chi connectivity index (χ2v) is 6.60. The minimum Gasteiger partial charge on any atom is -0.465 e. The zero-order valence-electron chi connectivity index (χ0n) is 14.6. The van der Waals surface area contributed by atoms with Crippen LogP contribution in [0.5, 0.6) is 0 Å².